The van der Waals surface area contributed by atoms with Crippen molar-refractivity contribution >= 4 is 27.5 Å². The van der Waals surface area contributed by atoms with Crippen LogP contribution in [0, 0.1) is 17.6 Å². The van der Waals surface area contributed by atoms with Crippen LogP contribution in [-0.4, -0.2) is 5.38 Å². The second-order valence-corrected chi connectivity index (χ2v) is 5.98. The topological polar surface area (TPSA) is 0 Å². The van der Waals surface area contributed by atoms with Crippen LogP contribution in [0.4, 0.5) is 8.78 Å². The lowest BCUT2D eigenvalue weighted by molar-refractivity contribution is 0.537. The summed E-state index contributed by atoms with van der Waals surface area (Å²) in [4.78, 5) is 0. The van der Waals surface area contributed by atoms with E-state index in [4.69, 9.17) is 11.6 Å². The van der Waals surface area contributed by atoms with Gasteiger partial charge in [-0.3, -0.25) is 0 Å². The Balaban J connectivity index is 1.91. The maximum atomic E-state index is 13.6. The summed E-state index contributed by atoms with van der Waals surface area (Å²) in [5, 5.41) is 0.174. The molecule has 0 aromatic heterocycles. The van der Waals surface area contributed by atoms with E-state index in [1.807, 2.05) is 0 Å². The summed E-state index contributed by atoms with van der Waals surface area (Å²) in [6.07, 6.45) is 4.38. The van der Waals surface area contributed by atoms with Gasteiger partial charge in [0.2, 0.25) is 0 Å². The maximum Gasteiger partial charge on any atom is 0.143 e. The van der Waals surface area contributed by atoms with Crippen LogP contribution in [0.5, 0.6) is 0 Å². The third-order valence-electron chi connectivity index (χ3n) is 3.18. The molecule has 1 unspecified atom stereocenters. The van der Waals surface area contributed by atoms with Gasteiger partial charge in [0.05, 0.1) is 4.47 Å². The van der Waals surface area contributed by atoms with Gasteiger partial charge < -0.3 is 0 Å². The summed E-state index contributed by atoms with van der Waals surface area (Å²) >= 11 is 9.23. The highest BCUT2D eigenvalue weighted by atomic mass is 79.9. The second kappa shape index (κ2) is 5.66. The van der Waals surface area contributed by atoms with Gasteiger partial charge in [-0.1, -0.05) is 0 Å². The molecule has 1 aromatic carbocycles. The highest BCUT2D eigenvalue weighted by molar-refractivity contribution is 9.10. The van der Waals surface area contributed by atoms with Gasteiger partial charge in [0.25, 0.3) is 0 Å². The van der Waals surface area contributed by atoms with Crippen LogP contribution in [0.1, 0.15) is 31.2 Å². The fourth-order valence-corrected chi connectivity index (χ4v) is 2.74. The Hall–Kier alpha value is -0.150. The van der Waals surface area contributed by atoms with Gasteiger partial charge in [0.15, 0.2) is 0 Å². The maximum absolute atomic E-state index is 13.6. The lowest BCUT2D eigenvalue weighted by Gasteiger charge is -2.09. The van der Waals surface area contributed by atoms with E-state index in [1.54, 1.807) is 0 Å². The molecule has 1 aliphatic carbocycles. The SMILES string of the molecule is Fc1ccc(Br)c(F)c1CCCC(Cl)C1CC1. The van der Waals surface area contributed by atoms with Crippen molar-refractivity contribution in [3.63, 3.8) is 0 Å². The van der Waals surface area contributed by atoms with E-state index in [-0.39, 0.29) is 10.9 Å². The summed E-state index contributed by atoms with van der Waals surface area (Å²) in [6.45, 7) is 0. The van der Waals surface area contributed by atoms with Gasteiger partial charge in [-0.15, -0.1) is 11.6 Å². The zero-order valence-electron chi connectivity index (χ0n) is 9.36. The van der Waals surface area contributed by atoms with E-state index < -0.39 is 11.6 Å². The molecule has 0 bridgehead atoms. The largest absolute Gasteiger partial charge is 0.207 e. The number of rotatable bonds is 5. The monoisotopic (exact) mass is 322 g/mol. The molecule has 1 saturated carbocycles. The number of alkyl halides is 1. The van der Waals surface area contributed by atoms with Crippen LogP contribution in [0.25, 0.3) is 0 Å². The van der Waals surface area contributed by atoms with Crippen LogP contribution >= 0.6 is 27.5 Å². The van der Waals surface area contributed by atoms with Crippen molar-refractivity contribution in [1.82, 2.24) is 0 Å². The quantitative estimate of drug-likeness (QED) is 0.524. The molecule has 0 aliphatic heterocycles. The predicted molar refractivity (Wildman–Crippen MR) is 69.4 cm³/mol. The smallest absolute Gasteiger partial charge is 0.143 e. The summed E-state index contributed by atoms with van der Waals surface area (Å²) < 4.78 is 27.4. The average Bonchev–Trinajstić information content (AvgIpc) is 3.12. The van der Waals surface area contributed by atoms with Crippen LogP contribution in [0.3, 0.4) is 0 Å². The molecule has 0 radical (unpaired) electrons. The molecule has 0 nitrogen and oxygen atoms in total. The molecule has 1 fully saturated rings. The van der Waals surface area contributed by atoms with E-state index in [0.717, 1.165) is 12.8 Å². The van der Waals surface area contributed by atoms with Gasteiger partial charge in [0, 0.05) is 10.9 Å². The lowest BCUT2D eigenvalue weighted by atomic mass is 10.0. The molecule has 94 valence electrons. The molecular formula is C13H14BrClF2. The molecule has 1 atom stereocenters. The van der Waals surface area contributed by atoms with Crippen molar-refractivity contribution in [2.45, 2.75) is 37.5 Å². The molecule has 0 saturated heterocycles. The first-order chi connectivity index (χ1) is 8.09. The van der Waals surface area contributed by atoms with Gasteiger partial charge in [0.1, 0.15) is 11.6 Å². The Morgan fingerprint density at radius 2 is 2.06 bits per heavy atom. The summed E-state index contributed by atoms with van der Waals surface area (Å²) in [6, 6.07) is 2.68. The van der Waals surface area contributed by atoms with Crippen molar-refractivity contribution in [2.24, 2.45) is 5.92 Å². The Labute approximate surface area is 113 Å². The van der Waals surface area contributed by atoms with Gasteiger partial charge >= 0.3 is 0 Å². The molecule has 1 aromatic rings. The predicted octanol–water partition coefficient (Wildman–Crippen LogP) is 5.07. The number of halogens is 4. The Kier molecular flexibility index (Phi) is 4.42. The first-order valence-corrected chi connectivity index (χ1v) is 7.09. The minimum atomic E-state index is -0.484. The molecule has 1 aliphatic rings. The molecule has 2 rings (SSSR count). The minimum Gasteiger partial charge on any atom is -0.207 e. The fourth-order valence-electron chi connectivity index (χ4n) is 1.97. The third-order valence-corrected chi connectivity index (χ3v) is 4.37. The van der Waals surface area contributed by atoms with Gasteiger partial charge in [-0.05, 0) is 66.1 Å². The molecule has 0 amide bonds. The molecule has 4 heteroatoms. The molecular weight excluding hydrogens is 309 g/mol. The number of hydrogen-bond donors (Lipinski definition) is 0. The van der Waals surface area contributed by atoms with Gasteiger partial charge in [-0.25, -0.2) is 8.78 Å². The summed E-state index contributed by atoms with van der Waals surface area (Å²) in [5.41, 5.74) is 0.166. The Morgan fingerprint density at radius 1 is 1.35 bits per heavy atom. The second-order valence-electron chi connectivity index (χ2n) is 4.57. The average molecular weight is 324 g/mol. The highest BCUT2D eigenvalue weighted by Crippen LogP contribution is 2.38. The molecule has 17 heavy (non-hydrogen) atoms. The van der Waals surface area contributed by atoms with Gasteiger partial charge in [-0.2, -0.15) is 0 Å². The Morgan fingerprint density at radius 3 is 2.71 bits per heavy atom. The fraction of sp³-hybridized carbons (Fsp3) is 0.538. The number of hydrogen-bond acceptors (Lipinski definition) is 0. The van der Waals surface area contributed by atoms with Crippen LogP contribution in [0.2, 0.25) is 0 Å². The van der Waals surface area contributed by atoms with Crippen LogP contribution in [-0.2, 0) is 6.42 Å². The minimum absolute atomic E-state index is 0.166. The van der Waals surface area contributed by atoms with Crippen LogP contribution in [0.15, 0.2) is 16.6 Å². The van der Waals surface area contributed by atoms with E-state index in [2.05, 4.69) is 15.9 Å². The molecule has 0 spiro atoms. The van der Waals surface area contributed by atoms with Crippen molar-refractivity contribution < 1.29 is 8.78 Å². The number of benzene rings is 1. The van der Waals surface area contributed by atoms with Crippen LogP contribution < -0.4 is 0 Å². The zero-order chi connectivity index (χ0) is 12.4. The molecule has 0 N–H and O–H groups in total. The first-order valence-electron chi connectivity index (χ1n) is 5.86. The molecule has 0 heterocycles. The lowest BCUT2D eigenvalue weighted by Crippen LogP contribution is -2.03. The zero-order valence-corrected chi connectivity index (χ0v) is 11.7. The standard InChI is InChI=1S/C13H14BrClF2/c14-10-6-7-12(16)9(13(10)17)2-1-3-11(15)8-4-5-8/h6-8,11H,1-5H2. The third kappa shape index (κ3) is 3.41. The van der Waals surface area contributed by atoms with Crippen molar-refractivity contribution in [3.05, 3.63) is 33.8 Å². The van der Waals surface area contributed by atoms with Crippen molar-refractivity contribution in [3.8, 4) is 0 Å². The van der Waals surface area contributed by atoms with Crippen molar-refractivity contribution in [1.29, 1.82) is 0 Å². The van der Waals surface area contributed by atoms with E-state index in [1.165, 1.54) is 25.0 Å². The van der Waals surface area contributed by atoms with E-state index in [0.29, 0.717) is 16.8 Å². The highest BCUT2D eigenvalue weighted by Gasteiger charge is 2.29. The van der Waals surface area contributed by atoms with E-state index >= 15 is 0 Å². The Bertz CT molecular complexity index is 405. The van der Waals surface area contributed by atoms with Crippen molar-refractivity contribution in [2.75, 3.05) is 0 Å². The first kappa shape index (κ1) is 13.3. The van der Waals surface area contributed by atoms with E-state index in [9.17, 15) is 8.78 Å². The normalized spacial score (nSPS) is 17.2. The summed E-state index contributed by atoms with van der Waals surface area (Å²) in [5.74, 6) is -0.320. The summed E-state index contributed by atoms with van der Waals surface area (Å²) in [7, 11) is 0.